The van der Waals surface area contributed by atoms with Gasteiger partial charge in [-0.1, -0.05) is 289 Å². The van der Waals surface area contributed by atoms with Crippen LogP contribution in [0.5, 0.6) is 0 Å². The zero-order valence-electron chi connectivity index (χ0n) is 40.3. The Hall–Kier alpha value is -1.13. The zero-order valence-corrected chi connectivity index (χ0v) is 40.3. The number of nitrogens with one attached hydrogen (secondary N) is 1. The van der Waals surface area contributed by atoms with Gasteiger partial charge in [0.25, 0.3) is 0 Å². The first-order chi connectivity index (χ1) is 29.2. The summed E-state index contributed by atoms with van der Waals surface area (Å²) in [7, 11) is 0. The van der Waals surface area contributed by atoms with Crippen molar-refractivity contribution in [3.63, 3.8) is 0 Å². The number of aliphatic hydroxyl groups is 2. The van der Waals surface area contributed by atoms with Crippen LogP contribution in [0.3, 0.4) is 0 Å². The molecule has 0 aliphatic carbocycles. The van der Waals surface area contributed by atoms with Crippen molar-refractivity contribution >= 4 is 5.91 Å². The average molecular weight is 830 g/mol. The lowest BCUT2D eigenvalue weighted by atomic mass is 10.0. The molecule has 2 atom stereocenters. The highest BCUT2D eigenvalue weighted by Gasteiger charge is 2.18. The Labute approximate surface area is 370 Å². The van der Waals surface area contributed by atoms with Gasteiger partial charge in [-0.05, 0) is 32.1 Å². The maximum atomic E-state index is 12.4. The van der Waals surface area contributed by atoms with E-state index in [1.807, 2.05) is 6.08 Å². The molecule has 0 saturated heterocycles. The highest BCUT2D eigenvalue weighted by atomic mass is 16.3. The Kier molecular flexibility index (Phi) is 50.2. The fraction of sp³-hybridized carbons (Fsp3) is 0.909. The lowest BCUT2D eigenvalue weighted by Gasteiger charge is -2.19. The van der Waals surface area contributed by atoms with Crippen LogP contribution < -0.4 is 5.32 Å². The van der Waals surface area contributed by atoms with Gasteiger partial charge in [0.2, 0.25) is 5.91 Å². The minimum Gasteiger partial charge on any atom is -0.394 e. The lowest BCUT2D eigenvalue weighted by molar-refractivity contribution is -0.123. The average Bonchev–Trinajstić information content (AvgIpc) is 3.24. The fourth-order valence-corrected chi connectivity index (χ4v) is 8.55. The first-order valence-electron chi connectivity index (χ1n) is 27.1. The Balaban J connectivity index is 3.45. The number of aliphatic hydroxyl groups excluding tert-OH is 2. The predicted octanol–water partition coefficient (Wildman–Crippen LogP) is 17.5. The Bertz CT molecular complexity index is 855. The summed E-state index contributed by atoms with van der Waals surface area (Å²) in [5.41, 5.74) is 0. The molecule has 1 amide bonds. The molecule has 0 saturated carbocycles. The quantitative estimate of drug-likeness (QED) is 0.0422. The van der Waals surface area contributed by atoms with Gasteiger partial charge in [-0.15, -0.1) is 0 Å². The van der Waals surface area contributed by atoms with Crippen LogP contribution in [-0.4, -0.2) is 34.9 Å². The highest BCUT2D eigenvalue weighted by Crippen LogP contribution is 2.17. The molecule has 59 heavy (non-hydrogen) atoms. The van der Waals surface area contributed by atoms with Crippen LogP contribution >= 0.6 is 0 Å². The van der Waals surface area contributed by atoms with Crippen LogP contribution in [0.2, 0.25) is 0 Å². The summed E-state index contributed by atoms with van der Waals surface area (Å²) in [5, 5.41) is 23.1. The number of rotatable bonds is 50. The first-order valence-corrected chi connectivity index (χ1v) is 27.1. The molecular weight excluding hydrogens is 723 g/mol. The molecule has 4 heteroatoms. The number of carbonyl (C=O) groups is 1. The lowest BCUT2D eigenvalue weighted by Crippen LogP contribution is -2.45. The molecule has 2 unspecified atom stereocenters. The fourth-order valence-electron chi connectivity index (χ4n) is 8.55. The molecule has 0 aliphatic rings. The van der Waals surface area contributed by atoms with Gasteiger partial charge in [-0.2, -0.15) is 0 Å². The van der Waals surface area contributed by atoms with Crippen molar-refractivity contribution in [1.29, 1.82) is 0 Å². The molecule has 350 valence electrons. The Morgan fingerprint density at radius 3 is 0.983 bits per heavy atom. The molecule has 0 aromatic rings. The van der Waals surface area contributed by atoms with E-state index in [1.165, 1.54) is 250 Å². The van der Waals surface area contributed by atoms with E-state index in [4.69, 9.17) is 0 Å². The van der Waals surface area contributed by atoms with E-state index >= 15 is 0 Å². The van der Waals surface area contributed by atoms with E-state index in [0.29, 0.717) is 6.42 Å². The van der Waals surface area contributed by atoms with Gasteiger partial charge in [0.1, 0.15) is 0 Å². The number of amides is 1. The standard InChI is InChI=1S/C55H107NO3/c1-3-5-7-9-11-13-15-17-19-21-22-23-24-25-26-27-28-29-30-31-32-33-35-37-39-41-43-45-47-49-51-55(59)56-53(52-57)54(58)50-48-46-44-42-40-38-36-34-20-18-16-14-12-10-8-6-4-2/h40,42,48,50,53-54,57-58H,3-39,41,43-47,49,51-52H2,1-2H3,(H,56,59)/b42-40+,50-48+. The molecule has 0 rings (SSSR count). The van der Waals surface area contributed by atoms with Crippen LogP contribution in [0.25, 0.3) is 0 Å². The third kappa shape index (κ3) is 47.8. The molecule has 3 N–H and O–H groups in total. The van der Waals surface area contributed by atoms with Crippen molar-refractivity contribution in [3.05, 3.63) is 24.3 Å². The number of hydrogen-bond donors (Lipinski definition) is 3. The van der Waals surface area contributed by atoms with Crippen molar-refractivity contribution in [2.75, 3.05) is 6.61 Å². The largest absolute Gasteiger partial charge is 0.394 e. The molecule has 0 radical (unpaired) electrons. The van der Waals surface area contributed by atoms with Gasteiger partial charge in [-0.3, -0.25) is 4.79 Å². The molecular formula is C55H107NO3. The molecule has 4 nitrogen and oxygen atoms in total. The zero-order chi connectivity index (χ0) is 42.8. The summed E-state index contributed by atoms with van der Waals surface area (Å²) >= 11 is 0. The number of allylic oxidation sites excluding steroid dienone is 3. The summed E-state index contributed by atoms with van der Waals surface area (Å²) in [5.74, 6) is -0.0675. The normalized spacial score (nSPS) is 12.9. The topological polar surface area (TPSA) is 69.6 Å². The number of unbranched alkanes of at least 4 members (excludes halogenated alkanes) is 41. The Morgan fingerprint density at radius 2 is 0.661 bits per heavy atom. The molecule has 0 aromatic heterocycles. The van der Waals surface area contributed by atoms with E-state index < -0.39 is 12.1 Å². The van der Waals surface area contributed by atoms with Gasteiger partial charge in [0, 0.05) is 6.42 Å². The summed E-state index contributed by atoms with van der Waals surface area (Å²) in [6.45, 7) is 4.33. The van der Waals surface area contributed by atoms with Crippen molar-refractivity contribution in [2.45, 2.75) is 315 Å². The van der Waals surface area contributed by atoms with Gasteiger partial charge >= 0.3 is 0 Å². The van der Waals surface area contributed by atoms with Crippen molar-refractivity contribution < 1.29 is 15.0 Å². The molecule has 0 aromatic carbocycles. The second kappa shape index (κ2) is 51.2. The molecule has 0 fully saturated rings. The van der Waals surface area contributed by atoms with E-state index in [0.717, 1.165) is 32.1 Å². The first kappa shape index (κ1) is 57.9. The number of carbonyl (C=O) groups excluding carboxylic acids is 1. The smallest absolute Gasteiger partial charge is 0.220 e. The van der Waals surface area contributed by atoms with Crippen molar-refractivity contribution in [2.24, 2.45) is 0 Å². The third-order valence-corrected chi connectivity index (χ3v) is 12.7. The van der Waals surface area contributed by atoms with Crippen LogP contribution in [0.15, 0.2) is 24.3 Å². The van der Waals surface area contributed by atoms with E-state index in [2.05, 4.69) is 31.3 Å². The van der Waals surface area contributed by atoms with Crippen molar-refractivity contribution in [1.82, 2.24) is 5.32 Å². The summed E-state index contributed by atoms with van der Waals surface area (Å²) in [4.78, 5) is 12.4. The van der Waals surface area contributed by atoms with Gasteiger partial charge in [-0.25, -0.2) is 0 Å². The summed E-state index contributed by atoms with van der Waals surface area (Å²) < 4.78 is 0. The Morgan fingerprint density at radius 1 is 0.390 bits per heavy atom. The van der Waals surface area contributed by atoms with Crippen LogP contribution in [0, 0.1) is 0 Å². The number of hydrogen-bond acceptors (Lipinski definition) is 3. The van der Waals surface area contributed by atoms with Gasteiger partial charge in [0.15, 0.2) is 0 Å². The van der Waals surface area contributed by atoms with Crippen molar-refractivity contribution in [3.8, 4) is 0 Å². The summed E-state index contributed by atoms with van der Waals surface area (Å²) in [6, 6.07) is -0.635. The minimum atomic E-state index is -0.859. The van der Waals surface area contributed by atoms with Gasteiger partial charge < -0.3 is 15.5 Å². The summed E-state index contributed by atoms with van der Waals surface area (Å²) in [6.07, 6.45) is 67.7. The molecule has 0 heterocycles. The molecule has 0 aliphatic heterocycles. The van der Waals surface area contributed by atoms with E-state index in [9.17, 15) is 15.0 Å². The third-order valence-electron chi connectivity index (χ3n) is 12.7. The maximum Gasteiger partial charge on any atom is 0.220 e. The highest BCUT2D eigenvalue weighted by molar-refractivity contribution is 5.76. The molecule has 0 bridgehead atoms. The van der Waals surface area contributed by atoms with Crippen LogP contribution in [0.4, 0.5) is 0 Å². The SMILES string of the molecule is CCCCCCCCCCCCC/C=C/CC/C=C/C(O)C(CO)NC(=O)CCCCCCCCCCCCCCCCCCCCCCCCCCCCCCCC. The monoisotopic (exact) mass is 830 g/mol. The van der Waals surface area contributed by atoms with E-state index in [-0.39, 0.29) is 12.5 Å². The minimum absolute atomic E-state index is 0.0675. The predicted molar refractivity (Wildman–Crippen MR) is 262 cm³/mol. The van der Waals surface area contributed by atoms with Crippen LogP contribution in [0.1, 0.15) is 303 Å². The second-order valence-electron chi connectivity index (χ2n) is 18.7. The molecule has 0 spiro atoms. The van der Waals surface area contributed by atoms with Crippen LogP contribution in [-0.2, 0) is 4.79 Å². The maximum absolute atomic E-state index is 12.4. The second-order valence-corrected chi connectivity index (χ2v) is 18.7. The van der Waals surface area contributed by atoms with E-state index in [1.54, 1.807) is 6.08 Å². The van der Waals surface area contributed by atoms with Gasteiger partial charge in [0.05, 0.1) is 18.8 Å².